The summed E-state index contributed by atoms with van der Waals surface area (Å²) in [4.78, 5) is 14.8. The highest BCUT2D eigenvalue weighted by atomic mass is 16.2. The number of fused-ring (bicyclic) bond motifs is 1. The number of anilines is 1. The Morgan fingerprint density at radius 1 is 1.10 bits per heavy atom. The highest BCUT2D eigenvalue weighted by molar-refractivity contribution is 6.54. The second kappa shape index (κ2) is 7.56. The number of hydrogen-bond acceptors (Lipinski definition) is 4. The largest absolute Gasteiger partial charge is 0.339 e. The minimum Gasteiger partial charge on any atom is -0.339 e. The first-order valence-electron chi connectivity index (χ1n) is 9.23. The molecule has 1 aliphatic heterocycles. The summed E-state index contributed by atoms with van der Waals surface area (Å²) in [6.45, 7) is 2.38. The monoisotopic (exact) mass is 381 g/mol. The minimum atomic E-state index is -0.172. The molecule has 0 saturated carbocycles. The zero-order valence-corrected chi connectivity index (χ0v) is 16.2. The van der Waals surface area contributed by atoms with Crippen molar-refractivity contribution < 1.29 is 4.79 Å². The molecule has 29 heavy (non-hydrogen) atoms. The van der Waals surface area contributed by atoms with Crippen molar-refractivity contribution in [3.8, 4) is 6.07 Å². The Kier molecular flexibility index (Phi) is 4.80. The average Bonchev–Trinajstić information content (AvgIpc) is 3.17. The number of benzene rings is 2. The van der Waals surface area contributed by atoms with Crippen molar-refractivity contribution in [1.29, 1.82) is 5.26 Å². The molecule has 0 aliphatic carbocycles. The normalized spacial score (nSPS) is 14.6. The van der Waals surface area contributed by atoms with Crippen molar-refractivity contribution in [3.63, 3.8) is 0 Å². The van der Waals surface area contributed by atoms with Crippen molar-refractivity contribution in [2.75, 3.05) is 4.90 Å². The number of para-hydroxylation sites is 1. The number of rotatable bonds is 4. The van der Waals surface area contributed by atoms with Crippen LogP contribution in [-0.4, -0.2) is 22.4 Å². The molecule has 3 aromatic rings. The molecule has 0 atom stereocenters. The number of amides is 1. The molecule has 6 heteroatoms. The number of nitrogens with zero attached hydrogens (tertiary/aromatic N) is 5. The number of carbonyl (C=O) groups excluding carboxylic acids is 1. The smallest absolute Gasteiger partial charge is 0.279 e. The van der Waals surface area contributed by atoms with Gasteiger partial charge in [-0.05, 0) is 24.6 Å². The number of aromatic nitrogens is 1. The Labute approximate surface area is 169 Å². The molecule has 0 saturated heterocycles. The first-order valence-corrected chi connectivity index (χ1v) is 9.23. The van der Waals surface area contributed by atoms with E-state index in [4.69, 9.17) is 5.26 Å². The standard InChI is InChI=1S/C23H19N5O/c1-16-18(12-19(13-24)27(16)2)14-25-26-22-20-10-6-7-11-21(20)28(23(22)29)15-17-8-4-3-5-9-17/h3-12,14H,15H2,1-2H3/b25-14+,26-22+. The minimum absolute atomic E-state index is 0.172. The van der Waals surface area contributed by atoms with E-state index >= 15 is 0 Å². The second-order valence-corrected chi connectivity index (χ2v) is 6.83. The van der Waals surface area contributed by atoms with Crippen molar-refractivity contribution in [2.24, 2.45) is 17.3 Å². The number of carbonyl (C=O) groups is 1. The fraction of sp³-hybridized carbons (Fsp3) is 0.130. The van der Waals surface area contributed by atoms with Gasteiger partial charge in [0.15, 0.2) is 5.71 Å². The third-order valence-corrected chi connectivity index (χ3v) is 5.12. The maximum atomic E-state index is 13.1. The highest BCUT2D eigenvalue weighted by Crippen LogP contribution is 2.30. The third-order valence-electron chi connectivity index (χ3n) is 5.12. The number of hydrogen-bond donors (Lipinski definition) is 0. The van der Waals surface area contributed by atoms with Gasteiger partial charge in [-0.15, -0.1) is 5.10 Å². The lowest BCUT2D eigenvalue weighted by molar-refractivity contribution is -0.112. The molecule has 0 fully saturated rings. The summed E-state index contributed by atoms with van der Waals surface area (Å²) in [5.41, 5.74) is 5.23. The molecule has 0 unspecified atom stereocenters. The van der Waals surface area contributed by atoms with Gasteiger partial charge in [0, 0.05) is 23.9 Å². The summed E-state index contributed by atoms with van der Waals surface area (Å²) < 4.78 is 1.80. The SMILES string of the molecule is Cc1c(/C=N/N=C2/C(=O)N(Cc3ccccc3)c3ccccc32)cc(C#N)n1C. The fourth-order valence-electron chi connectivity index (χ4n) is 3.39. The molecule has 1 amide bonds. The van der Waals surface area contributed by atoms with Crippen LogP contribution in [0.3, 0.4) is 0 Å². The molecule has 0 N–H and O–H groups in total. The molecule has 6 nitrogen and oxygen atoms in total. The summed E-state index contributed by atoms with van der Waals surface area (Å²) in [6.07, 6.45) is 1.58. The molecule has 0 spiro atoms. The lowest BCUT2D eigenvalue weighted by Gasteiger charge is -2.16. The van der Waals surface area contributed by atoms with Crippen molar-refractivity contribution in [1.82, 2.24) is 4.57 Å². The maximum Gasteiger partial charge on any atom is 0.279 e. The Morgan fingerprint density at radius 2 is 1.83 bits per heavy atom. The van der Waals surface area contributed by atoms with E-state index in [1.165, 1.54) is 0 Å². The van der Waals surface area contributed by atoms with Gasteiger partial charge in [-0.1, -0.05) is 48.5 Å². The molecule has 2 aromatic carbocycles. The van der Waals surface area contributed by atoms with E-state index in [1.54, 1.807) is 21.7 Å². The van der Waals surface area contributed by atoms with E-state index in [2.05, 4.69) is 16.3 Å². The van der Waals surface area contributed by atoms with Crippen LogP contribution >= 0.6 is 0 Å². The van der Waals surface area contributed by atoms with Crippen LogP contribution < -0.4 is 4.90 Å². The summed E-state index contributed by atoms with van der Waals surface area (Å²) in [5.74, 6) is -0.172. The van der Waals surface area contributed by atoms with Gasteiger partial charge >= 0.3 is 0 Å². The topological polar surface area (TPSA) is 73.8 Å². The number of nitriles is 1. The zero-order valence-electron chi connectivity index (χ0n) is 16.2. The van der Waals surface area contributed by atoms with Crippen LogP contribution in [0.25, 0.3) is 0 Å². The van der Waals surface area contributed by atoms with Crippen LogP contribution in [0.15, 0.2) is 70.9 Å². The van der Waals surface area contributed by atoms with Crippen LogP contribution in [0.4, 0.5) is 5.69 Å². The molecule has 0 radical (unpaired) electrons. The molecule has 0 bridgehead atoms. The van der Waals surface area contributed by atoms with Crippen LogP contribution in [0.1, 0.15) is 28.1 Å². The predicted octanol–water partition coefficient (Wildman–Crippen LogP) is 3.58. The van der Waals surface area contributed by atoms with E-state index in [0.717, 1.165) is 28.1 Å². The van der Waals surface area contributed by atoms with E-state index in [1.807, 2.05) is 68.6 Å². The maximum absolute atomic E-state index is 13.1. The van der Waals surface area contributed by atoms with Crippen LogP contribution in [0, 0.1) is 18.3 Å². The fourth-order valence-corrected chi connectivity index (χ4v) is 3.39. The van der Waals surface area contributed by atoms with Crippen LogP contribution in [0.5, 0.6) is 0 Å². The summed E-state index contributed by atoms with van der Waals surface area (Å²) >= 11 is 0. The molecule has 142 valence electrons. The summed E-state index contributed by atoms with van der Waals surface area (Å²) in [6, 6.07) is 21.4. The Hall–Kier alpha value is -3.98. The molecule has 4 rings (SSSR count). The quantitative estimate of drug-likeness (QED) is 0.512. The molecule has 1 aromatic heterocycles. The zero-order chi connectivity index (χ0) is 20.4. The summed E-state index contributed by atoms with van der Waals surface area (Å²) in [5, 5.41) is 17.6. The molecular formula is C23H19N5O. The van der Waals surface area contributed by atoms with Crippen molar-refractivity contribution >= 4 is 23.5 Å². The third kappa shape index (κ3) is 3.34. The van der Waals surface area contributed by atoms with E-state index < -0.39 is 0 Å². The van der Waals surface area contributed by atoms with Gasteiger partial charge < -0.3 is 9.47 Å². The lowest BCUT2D eigenvalue weighted by Crippen LogP contribution is -2.29. The first-order chi connectivity index (χ1) is 14.1. The van der Waals surface area contributed by atoms with Gasteiger partial charge in [-0.3, -0.25) is 4.79 Å². The lowest BCUT2D eigenvalue weighted by atomic mass is 10.1. The van der Waals surface area contributed by atoms with Crippen molar-refractivity contribution in [2.45, 2.75) is 13.5 Å². The first kappa shape index (κ1) is 18.4. The Balaban J connectivity index is 1.66. The van der Waals surface area contributed by atoms with E-state index in [-0.39, 0.29) is 5.91 Å². The van der Waals surface area contributed by atoms with Gasteiger partial charge in [-0.2, -0.15) is 10.4 Å². The molecular weight excluding hydrogens is 362 g/mol. The molecule has 2 heterocycles. The second-order valence-electron chi connectivity index (χ2n) is 6.83. The van der Waals surface area contributed by atoms with Crippen LogP contribution in [0.2, 0.25) is 0 Å². The average molecular weight is 381 g/mol. The van der Waals surface area contributed by atoms with Crippen LogP contribution in [-0.2, 0) is 18.4 Å². The van der Waals surface area contributed by atoms with Gasteiger partial charge in [0.2, 0.25) is 0 Å². The highest BCUT2D eigenvalue weighted by Gasteiger charge is 2.33. The van der Waals surface area contributed by atoms with E-state index in [0.29, 0.717) is 18.0 Å². The predicted molar refractivity (Wildman–Crippen MR) is 113 cm³/mol. The van der Waals surface area contributed by atoms with Gasteiger partial charge in [0.1, 0.15) is 11.8 Å². The van der Waals surface area contributed by atoms with E-state index in [9.17, 15) is 4.79 Å². The molecule has 1 aliphatic rings. The van der Waals surface area contributed by atoms with Gasteiger partial charge in [0.25, 0.3) is 5.91 Å². The van der Waals surface area contributed by atoms with Crippen molar-refractivity contribution in [3.05, 3.63) is 88.7 Å². The van der Waals surface area contributed by atoms with Gasteiger partial charge in [-0.25, -0.2) is 0 Å². The Bertz CT molecular complexity index is 1180. The van der Waals surface area contributed by atoms with Gasteiger partial charge in [0.05, 0.1) is 18.4 Å². The Morgan fingerprint density at radius 3 is 2.55 bits per heavy atom. The summed E-state index contributed by atoms with van der Waals surface area (Å²) in [7, 11) is 1.83.